The number of carbonyl (C=O) groups is 2. The summed E-state index contributed by atoms with van der Waals surface area (Å²) in [4.78, 5) is 32.8. The average molecular weight is 641 g/mol. The molecule has 38 heavy (non-hydrogen) atoms. The number of likely N-dealkylation sites (tertiary alicyclic amines) is 1. The van der Waals surface area contributed by atoms with Crippen LogP contribution in [0.15, 0.2) is 30.7 Å². The first-order valence-electron chi connectivity index (χ1n) is 13.1. The number of rotatable bonds is 6. The quantitative estimate of drug-likeness (QED) is 0.263. The number of hydrogen-bond acceptors (Lipinski definition) is 5. The molecule has 3 aromatic rings. The summed E-state index contributed by atoms with van der Waals surface area (Å²) in [7, 11) is 2.06. The largest absolute Gasteiger partial charge is 0.353 e. The van der Waals surface area contributed by atoms with Crippen molar-refractivity contribution in [1.82, 2.24) is 24.8 Å². The summed E-state index contributed by atoms with van der Waals surface area (Å²) in [6.45, 7) is 7.83. The number of pyridine rings is 1. The number of aryl methyl sites for hydroxylation is 1. The number of hydrogen-bond donors (Lipinski definition) is 2. The molecule has 2 aliphatic rings. The molecule has 1 aliphatic carbocycles. The zero-order valence-corrected chi connectivity index (χ0v) is 24.9. The van der Waals surface area contributed by atoms with Crippen LogP contribution >= 0.6 is 24.0 Å². The maximum absolute atomic E-state index is 14.4. The van der Waals surface area contributed by atoms with E-state index in [1.54, 1.807) is 18.6 Å². The molecule has 2 amide bonds. The van der Waals surface area contributed by atoms with Crippen LogP contribution in [-0.4, -0.2) is 57.9 Å². The van der Waals surface area contributed by atoms with Crippen molar-refractivity contribution in [1.29, 1.82) is 0 Å². The van der Waals surface area contributed by atoms with Crippen LogP contribution < -0.4 is 10.6 Å². The van der Waals surface area contributed by atoms with Crippen LogP contribution in [0, 0.1) is 18.7 Å². The van der Waals surface area contributed by atoms with Crippen molar-refractivity contribution in [2.75, 3.05) is 25.5 Å². The second-order valence-corrected chi connectivity index (χ2v) is 10.5. The Morgan fingerprint density at radius 1 is 1.16 bits per heavy atom. The number of halogens is 2. The Kier molecular flexibility index (Phi) is 10.6. The Hall–Kier alpha value is -2.60. The number of nitrogens with one attached hydrogen (secondary N) is 2. The van der Waals surface area contributed by atoms with Crippen molar-refractivity contribution in [3.63, 3.8) is 0 Å². The molecule has 2 aromatic heterocycles. The molecular weight excluding hydrogens is 598 g/mol. The Morgan fingerprint density at radius 3 is 2.50 bits per heavy atom. The topological polar surface area (TPSA) is 92.2 Å². The zero-order chi connectivity index (χ0) is 26.5. The van der Waals surface area contributed by atoms with Crippen molar-refractivity contribution in [3.05, 3.63) is 42.1 Å². The molecule has 5 rings (SSSR count). The van der Waals surface area contributed by atoms with Crippen molar-refractivity contribution in [2.24, 2.45) is 5.92 Å². The number of amides is 2. The van der Waals surface area contributed by atoms with Crippen LogP contribution in [0.3, 0.4) is 0 Å². The fourth-order valence-corrected chi connectivity index (χ4v) is 5.06. The van der Waals surface area contributed by atoms with Gasteiger partial charge in [-0.1, -0.05) is 19.3 Å². The second kappa shape index (κ2) is 13.5. The third-order valence-electron chi connectivity index (χ3n) is 7.20. The summed E-state index contributed by atoms with van der Waals surface area (Å²) < 4.78 is 16.4. The van der Waals surface area contributed by atoms with E-state index in [1.165, 1.54) is 38.2 Å². The van der Waals surface area contributed by atoms with Gasteiger partial charge in [0.15, 0.2) is 5.82 Å². The molecule has 1 saturated heterocycles. The highest BCUT2D eigenvalue weighted by Gasteiger charge is 2.31. The van der Waals surface area contributed by atoms with Crippen LogP contribution in [0.4, 0.5) is 10.2 Å². The number of imidazole rings is 1. The highest BCUT2D eigenvalue weighted by atomic mass is 127. The molecule has 1 aliphatic heterocycles. The highest BCUT2D eigenvalue weighted by molar-refractivity contribution is 14.0. The highest BCUT2D eigenvalue weighted by Crippen LogP contribution is 2.30. The third-order valence-corrected chi connectivity index (χ3v) is 7.20. The van der Waals surface area contributed by atoms with E-state index in [0.717, 1.165) is 35.3 Å². The van der Waals surface area contributed by atoms with E-state index >= 15 is 0 Å². The normalized spacial score (nSPS) is 16.3. The van der Waals surface area contributed by atoms with Gasteiger partial charge in [0, 0.05) is 34.2 Å². The molecule has 1 saturated carbocycles. The minimum absolute atomic E-state index is 0. The average Bonchev–Trinajstić information content (AvgIpc) is 3.29. The van der Waals surface area contributed by atoms with E-state index in [2.05, 4.69) is 32.5 Å². The van der Waals surface area contributed by atoms with Crippen molar-refractivity contribution >= 4 is 53.1 Å². The summed E-state index contributed by atoms with van der Waals surface area (Å²) in [6.07, 6.45) is 10.2. The van der Waals surface area contributed by atoms with E-state index in [4.69, 9.17) is 0 Å². The standard InChI is InChI=1S/C17H17FN4O.C11H20N2O.HI.2H2/c1-10(2)22-8-20-17-14(18)4-12(5-15(17)22)13-6-16(21-9-23)19-7-11(13)3;1-13-7-9(8-13)11(14)12-10-5-3-2-4-6-10;;;/h4-10H,1-3H3,(H,19,21,23);9-10H,2-8H2,1H3,(H,12,14);3*1H. The lowest BCUT2D eigenvalue weighted by molar-refractivity contribution is -0.130. The molecule has 0 bridgehead atoms. The smallest absolute Gasteiger partial charge is 0.225 e. The van der Waals surface area contributed by atoms with Crippen molar-refractivity contribution in [2.45, 2.75) is 65.0 Å². The van der Waals surface area contributed by atoms with Crippen LogP contribution in [0.25, 0.3) is 22.2 Å². The van der Waals surface area contributed by atoms with Gasteiger partial charge in [-0.3, -0.25) is 9.59 Å². The SMILES string of the molecule is CN1CC(C(=O)NC2CCCCC2)C1.Cc1cnc(NC=O)cc1-c1cc(F)c2ncn(C(C)C)c2c1.I.[HH].[HH]. The maximum atomic E-state index is 14.4. The van der Waals surface area contributed by atoms with Crippen LogP contribution in [0.1, 0.15) is 60.4 Å². The minimum Gasteiger partial charge on any atom is -0.353 e. The van der Waals surface area contributed by atoms with Gasteiger partial charge in [-0.15, -0.1) is 24.0 Å². The van der Waals surface area contributed by atoms with Gasteiger partial charge in [0.1, 0.15) is 11.3 Å². The maximum Gasteiger partial charge on any atom is 0.225 e. The number of nitrogens with zero attached hydrogens (tertiary/aromatic N) is 4. The van der Waals surface area contributed by atoms with Crippen LogP contribution in [0.5, 0.6) is 0 Å². The molecule has 210 valence electrons. The predicted molar refractivity (Wildman–Crippen MR) is 163 cm³/mol. The summed E-state index contributed by atoms with van der Waals surface area (Å²) >= 11 is 0. The van der Waals surface area contributed by atoms with Gasteiger partial charge in [-0.05, 0) is 75.5 Å². The number of anilines is 1. The molecule has 10 heteroatoms. The van der Waals surface area contributed by atoms with E-state index in [-0.39, 0.29) is 50.5 Å². The van der Waals surface area contributed by atoms with Gasteiger partial charge < -0.3 is 20.1 Å². The van der Waals surface area contributed by atoms with Crippen LogP contribution in [-0.2, 0) is 9.59 Å². The molecule has 0 atom stereocenters. The summed E-state index contributed by atoms with van der Waals surface area (Å²) in [6, 6.07) is 5.77. The lowest BCUT2D eigenvalue weighted by Gasteiger charge is -2.36. The fraction of sp³-hybridized carbons (Fsp3) is 0.500. The molecule has 0 unspecified atom stereocenters. The second-order valence-electron chi connectivity index (χ2n) is 10.5. The first kappa shape index (κ1) is 29.9. The van der Waals surface area contributed by atoms with Gasteiger partial charge in [0.25, 0.3) is 0 Å². The predicted octanol–water partition coefficient (Wildman–Crippen LogP) is 5.80. The van der Waals surface area contributed by atoms with Gasteiger partial charge in [-0.2, -0.15) is 0 Å². The Balaban J connectivity index is 0.000000410. The van der Waals surface area contributed by atoms with Gasteiger partial charge in [-0.25, -0.2) is 14.4 Å². The first-order valence-corrected chi connectivity index (χ1v) is 13.1. The number of aromatic nitrogens is 3. The molecule has 2 N–H and O–H groups in total. The molecule has 1 aromatic carbocycles. The van der Waals surface area contributed by atoms with Gasteiger partial charge in [0.05, 0.1) is 17.8 Å². The summed E-state index contributed by atoms with van der Waals surface area (Å²) in [5.74, 6) is 0.619. The van der Waals surface area contributed by atoms with Crippen molar-refractivity contribution in [3.8, 4) is 11.1 Å². The molecular formula is C28H42FIN6O2. The summed E-state index contributed by atoms with van der Waals surface area (Å²) in [5, 5.41) is 5.69. The van der Waals surface area contributed by atoms with E-state index in [1.807, 2.05) is 31.4 Å². The van der Waals surface area contributed by atoms with E-state index < -0.39 is 0 Å². The monoisotopic (exact) mass is 640 g/mol. The van der Waals surface area contributed by atoms with Gasteiger partial charge >= 0.3 is 0 Å². The lowest BCUT2D eigenvalue weighted by atomic mass is 9.93. The number of fused-ring (bicyclic) bond motifs is 1. The van der Waals surface area contributed by atoms with E-state index in [0.29, 0.717) is 23.8 Å². The first-order chi connectivity index (χ1) is 17.8. The van der Waals surface area contributed by atoms with Crippen molar-refractivity contribution < 1.29 is 16.8 Å². The van der Waals surface area contributed by atoms with Gasteiger partial charge in [0.2, 0.25) is 12.3 Å². The lowest BCUT2D eigenvalue weighted by Crippen LogP contribution is -2.53. The molecule has 0 radical (unpaired) electrons. The molecule has 2 fully saturated rings. The fourth-order valence-electron chi connectivity index (χ4n) is 5.06. The summed E-state index contributed by atoms with van der Waals surface area (Å²) in [5.41, 5.74) is 3.56. The third kappa shape index (κ3) is 7.07. The molecule has 8 nitrogen and oxygen atoms in total. The zero-order valence-electron chi connectivity index (χ0n) is 22.5. The number of benzene rings is 1. The Bertz CT molecular complexity index is 1260. The minimum atomic E-state index is -0.363. The Morgan fingerprint density at radius 2 is 1.87 bits per heavy atom. The molecule has 3 heterocycles. The molecule has 0 spiro atoms. The van der Waals surface area contributed by atoms with Crippen LogP contribution in [0.2, 0.25) is 0 Å². The Labute approximate surface area is 243 Å². The van der Waals surface area contributed by atoms with E-state index in [9.17, 15) is 14.0 Å². The number of carbonyl (C=O) groups excluding carboxylic acids is 2.